The largest absolute Gasteiger partial charge is 0.498 e. The summed E-state index contributed by atoms with van der Waals surface area (Å²) < 4.78 is 21.8. The molecule has 3 atom stereocenters. The van der Waals surface area contributed by atoms with Crippen molar-refractivity contribution in [3.05, 3.63) is 35.8 Å². The Hall–Kier alpha value is -1.79. The van der Waals surface area contributed by atoms with E-state index in [1.54, 1.807) is 21.1 Å². The van der Waals surface area contributed by atoms with Gasteiger partial charge in [-0.05, 0) is 50.2 Å². The molecular weight excluding hydrogens is 382 g/mol. The van der Waals surface area contributed by atoms with Gasteiger partial charge in [0.1, 0.15) is 11.9 Å². The number of ether oxygens (including phenoxy) is 4. The first kappa shape index (κ1) is 28.2. The molecule has 2 unspecified atom stereocenters. The first-order chi connectivity index (χ1) is 14.2. The Bertz CT molecular complexity index is 568. The Morgan fingerprint density at radius 3 is 2.33 bits per heavy atom. The summed E-state index contributed by atoms with van der Waals surface area (Å²) in [7, 11) is 3.30. The summed E-state index contributed by atoms with van der Waals surface area (Å²) in [6, 6.07) is -0.222. The summed E-state index contributed by atoms with van der Waals surface area (Å²) >= 11 is 0. The molecule has 0 aromatic rings. The molecule has 0 spiro atoms. The third-order valence-corrected chi connectivity index (χ3v) is 5.21. The van der Waals surface area contributed by atoms with Crippen LogP contribution in [0.4, 0.5) is 0 Å². The minimum atomic E-state index is -0.315. The summed E-state index contributed by atoms with van der Waals surface area (Å²) in [6.45, 7) is 15.0. The maximum absolute atomic E-state index is 11.6. The molecule has 0 aliphatic heterocycles. The van der Waals surface area contributed by atoms with E-state index in [-0.39, 0.29) is 18.1 Å². The smallest absolute Gasteiger partial charge is 0.305 e. The van der Waals surface area contributed by atoms with Gasteiger partial charge in [-0.15, -0.1) is 0 Å². The summed E-state index contributed by atoms with van der Waals surface area (Å²) in [5, 5.41) is 0. The Morgan fingerprint density at radius 1 is 1.17 bits per heavy atom. The average molecular weight is 426 g/mol. The highest BCUT2D eigenvalue weighted by Crippen LogP contribution is 2.27. The number of methoxy groups -OCH3 is 2. The highest BCUT2D eigenvalue weighted by Gasteiger charge is 2.24. The van der Waals surface area contributed by atoms with Crippen LogP contribution in [0.5, 0.6) is 0 Å². The first-order valence-electron chi connectivity index (χ1n) is 10.8. The van der Waals surface area contributed by atoms with Crippen molar-refractivity contribution in [2.24, 2.45) is 17.6 Å². The minimum absolute atomic E-state index is 0.221. The normalized spacial score (nSPS) is 15.8. The maximum atomic E-state index is 11.6. The lowest BCUT2D eigenvalue weighted by molar-refractivity contribution is -0.149. The van der Waals surface area contributed by atoms with Crippen LogP contribution in [0.25, 0.3) is 0 Å². The van der Waals surface area contributed by atoms with E-state index in [2.05, 4.69) is 20.4 Å². The second-order valence-corrected chi connectivity index (χ2v) is 7.90. The third kappa shape index (κ3) is 11.4. The number of nitrogens with two attached hydrogens (primary N) is 1. The molecule has 0 heterocycles. The van der Waals surface area contributed by atoms with E-state index in [0.29, 0.717) is 43.0 Å². The Labute approximate surface area is 183 Å². The molecule has 2 N–H and O–H groups in total. The van der Waals surface area contributed by atoms with E-state index in [1.165, 1.54) is 0 Å². The molecule has 0 aliphatic carbocycles. The van der Waals surface area contributed by atoms with Crippen molar-refractivity contribution in [1.82, 2.24) is 0 Å². The highest BCUT2D eigenvalue weighted by atomic mass is 16.5. The first-order valence-corrected chi connectivity index (χ1v) is 10.8. The molecule has 0 aliphatic rings. The van der Waals surface area contributed by atoms with Crippen LogP contribution in [0.2, 0.25) is 0 Å². The van der Waals surface area contributed by atoms with Crippen LogP contribution in [0.3, 0.4) is 0 Å². The molecule has 0 amide bonds. The molecule has 0 bridgehead atoms. The molecule has 0 saturated carbocycles. The monoisotopic (exact) mass is 425 g/mol. The second-order valence-electron chi connectivity index (χ2n) is 7.90. The molecule has 174 valence electrons. The van der Waals surface area contributed by atoms with Crippen LogP contribution in [-0.2, 0) is 23.7 Å². The fourth-order valence-electron chi connectivity index (χ4n) is 2.91. The summed E-state index contributed by atoms with van der Waals surface area (Å²) in [4.78, 5) is 11.6. The highest BCUT2D eigenvalue weighted by molar-refractivity contribution is 5.69. The van der Waals surface area contributed by atoms with Crippen LogP contribution in [0, 0.1) is 11.8 Å². The van der Waals surface area contributed by atoms with E-state index >= 15 is 0 Å². The van der Waals surface area contributed by atoms with Crippen LogP contribution >= 0.6 is 0 Å². The van der Waals surface area contributed by atoms with Crippen molar-refractivity contribution in [2.75, 3.05) is 27.4 Å². The van der Waals surface area contributed by atoms with Gasteiger partial charge in [-0.25, -0.2) is 0 Å². The minimum Gasteiger partial charge on any atom is -0.498 e. The quantitative estimate of drug-likeness (QED) is 0.166. The molecule has 30 heavy (non-hydrogen) atoms. The number of carbonyl (C=O) groups excluding carboxylic acids is 1. The van der Waals surface area contributed by atoms with Gasteiger partial charge in [0.2, 0.25) is 0 Å². The summed E-state index contributed by atoms with van der Waals surface area (Å²) in [5.74, 6) is 1.91. The Morgan fingerprint density at radius 2 is 1.83 bits per heavy atom. The van der Waals surface area contributed by atoms with Gasteiger partial charge < -0.3 is 24.7 Å². The average Bonchev–Trinajstić information content (AvgIpc) is 2.73. The number of allylic oxidation sites excluding steroid dienone is 4. The fourth-order valence-corrected chi connectivity index (χ4v) is 2.91. The standard InChI is InChI=1S/C24H43NO5/c1-9-20(15-23(19(6)28-8)29-13-11-12-27-7)14-21(17(3)4)16-22(25)18(5)30-24(26)10-2/h9,15,17-18,21-22H,1,10-14,16,25H2,2-8H3/b20-15+,23-19-/t18?,21?,22-/m0/s1. The molecule has 0 saturated heterocycles. The van der Waals surface area contributed by atoms with Crippen LogP contribution in [0.1, 0.15) is 60.3 Å². The molecule has 6 nitrogen and oxygen atoms in total. The molecular formula is C24H43NO5. The summed E-state index contributed by atoms with van der Waals surface area (Å²) in [6.07, 6.45) is 6.22. The lowest BCUT2D eigenvalue weighted by atomic mass is 9.83. The number of carbonyl (C=O) groups is 1. The molecule has 0 fully saturated rings. The number of esters is 1. The van der Waals surface area contributed by atoms with Gasteiger partial charge >= 0.3 is 5.97 Å². The van der Waals surface area contributed by atoms with Crippen molar-refractivity contribution >= 4 is 5.97 Å². The van der Waals surface area contributed by atoms with E-state index in [1.807, 2.05) is 26.0 Å². The van der Waals surface area contributed by atoms with Gasteiger partial charge in [0, 0.05) is 32.6 Å². The van der Waals surface area contributed by atoms with Gasteiger partial charge in [0.05, 0.1) is 13.7 Å². The SMILES string of the molecule is C=C/C(=C\C(OCCCOC)=C(/C)OC)CC(C[C@H](N)C(C)OC(=O)CC)C(C)C. The zero-order valence-corrected chi connectivity index (χ0v) is 20.0. The van der Waals surface area contributed by atoms with Crippen LogP contribution in [-0.4, -0.2) is 45.5 Å². The van der Waals surface area contributed by atoms with Gasteiger partial charge in [0.25, 0.3) is 0 Å². The molecule has 6 heteroatoms. The van der Waals surface area contributed by atoms with Gasteiger partial charge in [-0.1, -0.05) is 33.4 Å². The Kier molecular flexibility index (Phi) is 15.0. The van der Waals surface area contributed by atoms with Gasteiger partial charge in [-0.3, -0.25) is 4.79 Å². The van der Waals surface area contributed by atoms with Crippen molar-refractivity contribution in [1.29, 1.82) is 0 Å². The maximum Gasteiger partial charge on any atom is 0.305 e. The van der Waals surface area contributed by atoms with Crippen molar-refractivity contribution < 1.29 is 23.7 Å². The van der Waals surface area contributed by atoms with Crippen molar-refractivity contribution in [3.63, 3.8) is 0 Å². The van der Waals surface area contributed by atoms with Gasteiger partial charge in [-0.2, -0.15) is 0 Å². The lowest BCUT2D eigenvalue weighted by Gasteiger charge is -2.28. The van der Waals surface area contributed by atoms with E-state index in [0.717, 1.165) is 24.8 Å². The fraction of sp³-hybridized carbons (Fsp3) is 0.708. The zero-order valence-electron chi connectivity index (χ0n) is 20.0. The van der Waals surface area contributed by atoms with Crippen LogP contribution < -0.4 is 5.73 Å². The molecule has 0 aromatic carbocycles. The predicted molar refractivity (Wildman–Crippen MR) is 122 cm³/mol. The van der Waals surface area contributed by atoms with Crippen molar-refractivity contribution in [3.8, 4) is 0 Å². The number of hydrogen-bond donors (Lipinski definition) is 1. The predicted octanol–water partition coefficient (Wildman–Crippen LogP) is 4.75. The lowest BCUT2D eigenvalue weighted by Crippen LogP contribution is -2.38. The number of hydrogen-bond acceptors (Lipinski definition) is 6. The van der Waals surface area contributed by atoms with Crippen LogP contribution in [0.15, 0.2) is 35.8 Å². The summed E-state index contributed by atoms with van der Waals surface area (Å²) in [5.41, 5.74) is 7.41. The molecule has 0 rings (SSSR count). The van der Waals surface area contributed by atoms with Gasteiger partial charge in [0.15, 0.2) is 5.76 Å². The molecule has 0 aromatic heterocycles. The van der Waals surface area contributed by atoms with E-state index < -0.39 is 0 Å². The van der Waals surface area contributed by atoms with E-state index in [4.69, 9.17) is 24.7 Å². The molecule has 0 radical (unpaired) electrons. The zero-order chi connectivity index (χ0) is 23.1. The number of rotatable bonds is 16. The third-order valence-electron chi connectivity index (χ3n) is 5.21. The van der Waals surface area contributed by atoms with Crippen molar-refractivity contribution in [2.45, 2.75) is 72.4 Å². The topological polar surface area (TPSA) is 80.0 Å². The Balaban J connectivity index is 5.29. The second kappa shape index (κ2) is 16.0. The van der Waals surface area contributed by atoms with E-state index in [9.17, 15) is 4.79 Å².